The van der Waals surface area contributed by atoms with Gasteiger partial charge in [-0.05, 0) is 67.0 Å². The average molecular weight is 323 g/mol. The summed E-state index contributed by atoms with van der Waals surface area (Å²) in [5, 5.41) is 3.01. The molecule has 0 aliphatic carbocycles. The van der Waals surface area contributed by atoms with Crippen LogP contribution >= 0.6 is 0 Å². The summed E-state index contributed by atoms with van der Waals surface area (Å²) < 4.78 is 0. The zero-order valence-electron chi connectivity index (χ0n) is 15.9. The summed E-state index contributed by atoms with van der Waals surface area (Å²) in [5.41, 5.74) is 6.58. The van der Waals surface area contributed by atoms with E-state index in [1.807, 2.05) is 26.8 Å². The summed E-state index contributed by atoms with van der Waals surface area (Å²) in [5.74, 6) is -0.0111. The largest absolute Gasteiger partial charge is 0.350 e. The van der Waals surface area contributed by atoms with Crippen molar-refractivity contribution in [3.8, 4) is 11.1 Å². The van der Waals surface area contributed by atoms with Gasteiger partial charge >= 0.3 is 0 Å². The number of hydrogen-bond donors (Lipinski definition) is 1. The minimum Gasteiger partial charge on any atom is -0.350 e. The Labute approximate surface area is 146 Å². The Hall–Kier alpha value is -2.09. The molecule has 0 fully saturated rings. The van der Waals surface area contributed by atoms with Gasteiger partial charge in [-0.3, -0.25) is 4.79 Å². The average Bonchev–Trinajstić information content (AvgIpc) is 2.48. The highest BCUT2D eigenvalue weighted by atomic mass is 16.1. The lowest BCUT2D eigenvalue weighted by molar-refractivity contribution is 0.0943. The maximum Gasteiger partial charge on any atom is 0.252 e. The van der Waals surface area contributed by atoms with E-state index in [9.17, 15) is 4.79 Å². The Morgan fingerprint density at radius 2 is 1.50 bits per heavy atom. The summed E-state index contributed by atoms with van der Waals surface area (Å²) in [4.78, 5) is 12.6. The predicted octanol–water partition coefficient (Wildman–Crippen LogP) is 5.41. The third-order valence-corrected chi connectivity index (χ3v) is 4.36. The molecule has 0 heterocycles. The van der Waals surface area contributed by atoms with E-state index in [0.717, 1.165) is 22.3 Å². The van der Waals surface area contributed by atoms with E-state index in [0.29, 0.717) is 0 Å². The van der Waals surface area contributed by atoms with Crippen LogP contribution in [-0.4, -0.2) is 11.9 Å². The summed E-state index contributed by atoms with van der Waals surface area (Å²) in [7, 11) is 0. The molecule has 1 N–H and O–H groups in total. The van der Waals surface area contributed by atoms with Gasteiger partial charge in [0.15, 0.2) is 0 Å². The number of nitrogens with one attached hydrogen (secondary N) is 1. The van der Waals surface area contributed by atoms with E-state index in [4.69, 9.17) is 0 Å². The van der Waals surface area contributed by atoms with Crippen LogP contribution in [0.2, 0.25) is 0 Å². The van der Waals surface area contributed by atoms with Crippen LogP contribution in [0.1, 0.15) is 61.7 Å². The molecule has 0 aliphatic rings. The van der Waals surface area contributed by atoms with Gasteiger partial charge in [0.05, 0.1) is 0 Å². The predicted molar refractivity (Wildman–Crippen MR) is 103 cm³/mol. The quantitative estimate of drug-likeness (QED) is 0.804. The lowest BCUT2D eigenvalue weighted by Gasteiger charge is -2.20. The smallest absolute Gasteiger partial charge is 0.252 e. The van der Waals surface area contributed by atoms with Crippen LogP contribution in [0.15, 0.2) is 36.4 Å². The molecule has 128 valence electrons. The second-order valence-electron chi connectivity index (χ2n) is 7.94. The SMILES string of the molecule is Cc1cc(C(=O)NC(C)C)c(-c2ccc(C(C)(C)C)cc2)cc1C. The molecule has 0 saturated heterocycles. The van der Waals surface area contributed by atoms with Crippen LogP contribution in [0, 0.1) is 13.8 Å². The molecule has 2 rings (SSSR count). The third-order valence-electron chi connectivity index (χ3n) is 4.36. The molecule has 2 nitrogen and oxygen atoms in total. The fourth-order valence-corrected chi connectivity index (χ4v) is 2.73. The second kappa shape index (κ2) is 6.80. The molecule has 0 spiro atoms. The van der Waals surface area contributed by atoms with Crippen LogP contribution < -0.4 is 5.32 Å². The lowest BCUT2D eigenvalue weighted by Crippen LogP contribution is -2.30. The van der Waals surface area contributed by atoms with Crippen molar-refractivity contribution in [3.05, 3.63) is 58.7 Å². The molecule has 0 atom stereocenters. The first kappa shape index (κ1) is 18.3. The highest BCUT2D eigenvalue weighted by Gasteiger charge is 2.17. The second-order valence-corrected chi connectivity index (χ2v) is 7.94. The zero-order chi connectivity index (χ0) is 18.1. The van der Waals surface area contributed by atoms with Gasteiger partial charge in [0.25, 0.3) is 5.91 Å². The molecule has 24 heavy (non-hydrogen) atoms. The summed E-state index contributed by atoms with van der Waals surface area (Å²) in [6.07, 6.45) is 0. The monoisotopic (exact) mass is 323 g/mol. The molecule has 2 heteroatoms. The van der Waals surface area contributed by atoms with Crippen molar-refractivity contribution in [1.29, 1.82) is 0 Å². The van der Waals surface area contributed by atoms with Crippen LogP contribution in [0.4, 0.5) is 0 Å². The van der Waals surface area contributed by atoms with Crippen molar-refractivity contribution in [1.82, 2.24) is 5.32 Å². The van der Waals surface area contributed by atoms with Crippen molar-refractivity contribution < 1.29 is 4.79 Å². The van der Waals surface area contributed by atoms with Gasteiger partial charge in [0.2, 0.25) is 0 Å². The van der Waals surface area contributed by atoms with Gasteiger partial charge < -0.3 is 5.32 Å². The highest BCUT2D eigenvalue weighted by molar-refractivity contribution is 6.01. The van der Waals surface area contributed by atoms with Crippen LogP contribution in [0.5, 0.6) is 0 Å². The van der Waals surface area contributed by atoms with E-state index in [1.165, 1.54) is 11.1 Å². The fraction of sp³-hybridized carbons (Fsp3) is 0.409. The van der Waals surface area contributed by atoms with Gasteiger partial charge in [-0.25, -0.2) is 0 Å². The minimum atomic E-state index is -0.0111. The number of rotatable bonds is 3. The van der Waals surface area contributed by atoms with E-state index >= 15 is 0 Å². The number of benzene rings is 2. The van der Waals surface area contributed by atoms with Crippen LogP contribution in [-0.2, 0) is 5.41 Å². The molecule has 2 aromatic rings. The number of amides is 1. The summed E-state index contributed by atoms with van der Waals surface area (Å²) in [6, 6.07) is 12.8. The van der Waals surface area contributed by atoms with E-state index < -0.39 is 0 Å². The van der Waals surface area contributed by atoms with Gasteiger partial charge in [0, 0.05) is 11.6 Å². The molecule has 0 unspecified atom stereocenters. The van der Waals surface area contributed by atoms with Crippen molar-refractivity contribution in [2.45, 2.75) is 59.9 Å². The minimum absolute atomic E-state index is 0.0111. The summed E-state index contributed by atoms with van der Waals surface area (Å²) >= 11 is 0. The van der Waals surface area contributed by atoms with E-state index in [-0.39, 0.29) is 17.4 Å². The van der Waals surface area contributed by atoms with Crippen LogP contribution in [0.3, 0.4) is 0 Å². The number of aryl methyl sites for hydroxylation is 2. The molecule has 0 aromatic heterocycles. The summed E-state index contributed by atoms with van der Waals surface area (Å²) in [6.45, 7) is 14.7. The van der Waals surface area contributed by atoms with E-state index in [1.54, 1.807) is 0 Å². The first-order valence-corrected chi connectivity index (χ1v) is 8.62. The zero-order valence-corrected chi connectivity index (χ0v) is 15.9. The first-order chi connectivity index (χ1) is 11.1. The Bertz CT molecular complexity index is 734. The lowest BCUT2D eigenvalue weighted by atomic mass is 9.85. The standard InChI is InChI=1S/C22H29NO/c1-14(2)23-21(24)20-13-16(4)15(3)12-19(20)17-8-10-18(11-9-17)22(5,6)7/h8-14H,1-7H3,(H,23,24). The molecular weight excluding hydrogens is 294 g/mol. The Balaban J connectivity index is 2.52. The topological polar surface area (TPSA) is 29.1 Å². The van der Waals surface area contributed by atoms with Gasteiger partial charge in [-0.1, -0.05) is 51.1 Å². The third kappa shape index (κ3) is 4.05. The number of carbonyl (C=O) groups is 1. The van der Waals surface area contributed by atoms with E-state index in [2.05, 4.69) is 63.3 Å². The normalized spacial score (nSPS) is 11.7. The van der Waals surface area contributed by atoms with Crippen molar-refractivity contribution in [3.63, 3.8) is 0 Å². The Morgan fingerprint density at radius 3 is 2.00 bits per heavy atom. The van der Waals surface area contributed by atoms with Gasteiger partial charge in [-0.2, -0.15) is 0 Å². The number of hydrogen-bond acceptors (Lipinski definition) is 1. The van der Waals surface area contributed by atoms with Crippen molar-refractivity contribution in [2.75, 3.05) is 0 Å². The maximum absolute atomic E-state index is 12.6. The molecule has 2 aromatic carbocycles. The van der Waals surface area contributed by atoms with Crippen molar-refractivity contribution in [2.24, 2.45) is 0 Å². The maximum atomic E-state index is 12.6. The molecule has 1 amide bonds. The Morgan fingerprint density at radius 1 is 0.958 bits per heavy atom. The fourth-order valence-electron chi connectivity index (χ4n) is 2.73. The first-order valence-electron chi connectivity index (χ1n) is 8.62. The molecule has 0 bridgehead atoms. The molecular formula is C22H29NO. The molecule has 0 saturated carbocycles. The van der Waals surface area contributed by atoms with Gasteiger partial charge in [0.1, 0.15) is 0 Å². The van der Waals surface area contributed by atoms with Crippen molar-refractivity contribution >= 4 is 5.91 Å². The highest BCUT2D eigenvalue weighted by Crippen LogP contribution is 2.30. The number of carbonyl (C=O) groups excluding carboxylic acids is 1. The van der Waals surface area contributed by atoms with Crippen LogP contribution in [0.25, 0.3) is 11.1 Å². The molecule has 0 aliphatic heterocycles. The molecule has 0 radical (unpaired) electrons. The van der Waals surface area contributed by atoms with Gasteiger partial charge in [-0.15, -0.1) is 0 Å². The Kier molecular flexibility index (Phi) is 5.17.